The minimum Gasteiger partial charge on any atom is -0.315 e. The largest absolute Gasteiger partial charge is 0.315 e. The molecule has 1 aromatic carbocycles. The molecule has 3 rings (SSSR count). The highest BCUT2D eigenvalue weighted by Crippen LogP contribution is 2.27. The average molecular weight is 419 g/mol. The van der Waals surface area contributed by atoms with E-state index in [-0.39, 0.29) is 5.91 Å². The second-order valence-corrected chi connectivity index (χ2v) is 8.86. The molecular weight excluding hydrogens is 392 g/mol. The Kier molecular flexibility index (Phi) is 7.84. The number of nitrogens with one attached hydrogen (secondary N) is 2. The van der Waals surface area contributed by atoms with Gasteiger partial charge in [0.25, 0.3) is 0 Å². The molecule has 1 fully saturated rings. The van der Waals surface area contributed by atoms with Crippen molar-refractivity contribution in [3.05, 3.63) is 40.4 Å². The molecule has 150 valence electrons. The van der Waals surface area contributed by atoms with Crippen LogP contribution in [0, 0.1) is 0 Å². The molecule has 0 bridgehead atoms. The summed E-state index contributed by atoms with van der Waals surface area (Å²) in [5.74, 6) is 7.48. The first-order chi connectivity index (χ1) is 13.6. The van der Waals surface area contributed by atoms with Gasteiger partial charge in [0.2, 0.25) is 5.91 Å². The van der Waals surface area contributed by atoms with E-state index in [0.717, 1.165) is 43.9 Å². The van der Waals surface area contributed by atoms with Crippen LogP contribution >= 0.6 is 23.1 Å². The topological polar surface area (TPSA) is 95.6 Å². The number of carbonyl (C=O) groups excluding carboxylic acids is 1. The summed E-state index contributed by atoms with van der Waals surface area (Å²) in [6.07, 6.45) is 3.20. The average Bonchev–Trinajstić information content (AvgIpc) is 3.06. The van der Waals surface area contributed by atoms with Crippen molar-refractivity contribution in [3.63, 3.8) is 0 Å². The third kappa shape index (κ3) is 6.30. The number of rotatable bonds is 8. The van der Waals surface area contributed by atoms with Crippen molar-refractivity contribution in [1.29, 1.82) is 0 Å². The minimum atomic E-state index is -0.0793. The third-order valence-corrected chi connectivity index (χ3v) is 6.35. The lowest BCUT2D eigenvalue weighted by Crippen LogP contribution is -2.32. The molecule has 0 atom stereocenters. The van der Waals surface area contributed by atoms with Gasteiger partial charge in [-0.25, -0.2) is 15.8 Å². The van der Waals surface area contributed by atoms with E-state index in [4.69, 9.17) is 10.8 Å². The van der Waals surface area contributed by atoms with Crippen LogP contribution in [0.3, 0.4) is 0 Å². The van der Waals surface area contributed by atoms with Gasteiger partial charge in [-0.3, -0.25) is 9.69 Å². The number of thioether (sulfide) groups is 1. The van der Waals surface area contributed by atoms with Crippen LogP contribution in [0.1, 0.15) is 23.1 Å². The monoisotopic (exact) mass is 418 g/mol. The highest BCUT2D eigenvalue weighted by Gasteiger charge is 2.17. The Bertz CT molecular complexity index is 799. The predicted molar refractivity (Wildman–Crippen MR) is 118 cm³/mol. The normalized spacial score (nSPS) is 15.1. The lowest BCUT2D eigenvalue weighted by atomic mass is 10.1. The van der Waals surface area contributed by atoms with Crippen LogP contribution in [-0.2, 0) is 24.2 Å². The Labute approximate surface area is 173 Å². The van der Waals surface area contributed by atoms with Crippen molar-refractivity contribution in [3.8, 4) is 0 Å². The van der Waals surface area contributed by atoms with Crippen molar-refractivity contribution < 1.29 is 4.79 Å². The van der Waals surface area contributed by atoms with Crippen LogP contribution in [0.5, 0.6) is 0 Å². The summed E-state index contributed by atoms with van der Waals surface area (Å²) in [7, 11) is 0. The quantitative estimate of drug-likeness (QED) is 0.264. The standard InChI is InChI=1S/C19H26N6OS2/c1-14(26)23-19-24-17(18(28-19)12-25-8-10-27-11-9-25)7-4-15-2-5-16(6-3-15)21-13-22-20/h2-3,5-6,13H,4,7-12,20H2,1H3,(H,21,22)(H,23,24,26). The SMILES string of the molecule is CC(=O)Nc1nc(CCc2ccc(N=CNN)cc2)c(CN2CCSCC2)s1. The fraction of sp³-hybridized carbons (Fsp3) is 0.421. The van der Waals surface area contributed by atoms with Gasteiger partial charge in [0, 0.05) is 42.9 Å². The lowest BCUT2D eigenvalue weighted by Gasteiger charge is -2.25. The van der Waals surface area contributed by atoms with Crippen molar-refractivity contribution in [2.75, 3.05) is 29.9 Å². The number of aromatic nitrogens is 1. The van der Waals surface area contributed by atoms with Crippen molar-refractivity contribution in [2.24, 2.45) is 10.8 Å². The van der Waals surface area contributed by atoms with Crippen LogP contribution in [-0.4, -0.2) is 46.7 Å². The Morgan fingerprint density at radius 1 is 1.29 bits per heavy atom. The summed E-state index contributed by atoms with van der Waals surface area (Å²) in [5.41, 5.74) is 5.57. The Morgan fingerprint density at radius 3 is 2.71 bits per heavy atom. The molecule has 7 nitrogen and oxygen atoms in total. The highest BCUT2D eigenvalue weighted by atomic mass is 32.2. The number of hydrazine groups is 1. The van der Waals surface area contributed by atoms with E-state index in [2.05, 4.69) is 32.8 Å². The number of amides is 1. The number of hydrogen-bond acceptors (Lipinski definition) is 7. The number of thiazole rings is 1. The zero-order valence-corrected chi connectivity index (χ0v) is 17.6. The molecule has 1 aliphatic rings. The van der Waals surface area contributed by atoms with Crippen LogP contribution < -0.4 is 16.6 Å². The summed E-state index contributed by atoms with van der Waals surface area (Å²) in [5, 5.41) is 3.54. The first kappa shape index (κ1) is 20.8. The summed E-state index contributed by atoms with van der Waals surface area (Å²) in [6.45, 7) is 4.65. The third-order valence-electron chi connectivity index (χ3n) is 4.41. The number of nitrogens with zero attached hydrogens (tertiary/aromatic N) is 3. The van der Waals surface area contributed by atoms with Crippen LogP contribution in [0.2, 0.25) is 0 Å². The molecule has 1 saturated heterocycles. The molecule has 1 amide bonds. The first-order valence-electron chi connectivity index (χ1n) is 9.28. The summed E-state index contributed by atoms with van der Waals surface area (Å²) in [6, 6.07) is 8.09. The molecular formula is C19H26N6OS2. The Morgan fingerprint density at radius 2 is 2.04 bits per heavy atom. The molecule has 0 aliphatic carbocycles. The molecule has 1 aromatic heterocycles. The number of anilines is 1. The van der Waals surface area contributed by atoms with Crippen molar-refractivity contribution in [1.82, 2.24) is 15.3 Å². The van der Waals surface area contributed by atoms with E-state index in [1.165, 1.54) is 35.2 Å². The molecule has 2 aromatic rings. The number of aliphatic imine (C=N–C) groups is 1. The van der Waals surface area contributed by atoms with E-state index in [1.54, 1.807) is 11.3 Å². The lowest BCUT2D eigenvalue weighted by molar-refractivity contribution is -0.114. The number of benzene rings is 1. The van der Waals surface area contributed by atoms with E-state index in [0.29, 0.717) is 5.13 Å². The van der Waals surface area contributed by atoms with Crippen LogP contribution in [0.4, 0.5) is 10.8 Å². The van der Waals surface area contributed by atoms with Gasteiger partial charge in [0.15, 0.2) is 5.13 Å². The van der Waals surface area contributed by atoms with E-state index >= 15 is 0 Å². The fourth-order valence-electron chi connectivity index (χ4n) is 2.99. The number of aryl methyl sites for hydroxylation is 2. The van der Waals surface area contributed by atoms with Crippen LogP contribution in [0.15, 0.2) is 29.3 Å². The van der Waals surface area contributed by atoms with E-state index in [9.17, 15) is 4.79 Å². The van der Waals surface area contributed by atoms with Gasteiger partial charge in [0.1, 0.15) is 6.34 Å². The number of carbonyl (C=O) groups is 1. The maximum absolute atomic E-state index is 11.4. The van der Waals surface area contributed by atoms with Gasteiger partial charge in [-0.2, -0.15) is 11.8 Å². The van der Waals surface area contributed by atoms with Gasteiger partial charge in [-0.15, -0.1) is 11.3 Å². The molecule has 1 aliphatic heterocycles. The second-order valence-electron chi connectivity index (χ2n) is 6.55. The van der Waals surface area contributed by atoms with Gasteiger partial charge < -0.3 is 10.7 Å². The van der Waals surface area contributed by atoms with Gasteiger partial charge in [-0.05, 0) is 30.5 Å². The predicted octanol–water partition coefficient (Wildman–Crippen LogP) is 2.56. The zero-order chi connectivity index (χ0) is 19.8. The molecule has 0 radical (unpaired) electrons. The number of hydrogen-bond donors (Lipinski definition) is 3. The number of nitrogens with two attached hydrogens (primary N) is 1. The van der Waals surface area contributed by atoms with Crippen LogP contribution in [0.25, 0.3) is 0 Å². The van der Waals surface area contributed by atoms with E-state index < -0.39 is 0 Å². The highest BCUT2D eigenvalue weighted by molar-refractivity contribution is 7.99. The minimum absolute atomic E-state index is 0.0793. The molecule has 4 N–H and O–H groups in total. The molecule has 0 saturated carbocycles. The summed E-state index contributed by atoms with van der Waals surface area (Å²) < 4.78 is 0. The van der Waals surface area contributed by atoms with Crippen molar-refractivity contribution >= 4 is 46.2 Å². The smallest absolute Gasteiger partial charge is 0.223 e. The van der Waals surface area contributed by atoms with Crippen molar-refractivity contribution in [2.45, 2.75) is 26.3 Å². The Balaban J connectivity index is 1.67. The molecule has 28 heavy (non-hydrogen) atoms. The Hall–Kier alpha value is -1.94. The second kappa shape index (κ2) is 10.6. The van der Waals surface area contributed by atoms with Gasteiger partial charge in [-0.1, -0.05) is 12.1 Å². The zero-order valence-electron chi connectivity index (χ0n) is 16.0. The molecule has 0 spiro atoms. The van der Waals surface area contributed by atoms with E-state index in [1.807, 2.05) is 23.9 Å². The fourth-order valence-corrected chi connectivity index (χ4v) is 5.07. The van der Waals surface area contributed by atoms with Gasteiger partial charge in [0.05, 0.1) is 11.4 Å². The first-order valence-corrected chi connectivity index (χ1v) is 11.2. The van der Waals surface area contributed by atoms with Gasteiger partial charge >= 0.3 is 0 Å². The summed E-state index contributed by atoms with van der Waals surface area (Å²) in [4.78, 5) is 24.0. The maximum Gasteiger partial charge on any atom is 0.223 e. The molecule has 9 heteroatoms. The molecule has 0 unspecified atom stereocenters. The molecule has 2 heterocycles. The summed E-state index contributed by atoms with van der Waals surface area (Å²) >= 11 is 3.61. The maximum atomic E-state index is 11.4.